The second kappa shape index (κ2) is 35.0. The lowest BCUT2D eigenvalue weighted by atomic mass is 9.85. The molecule has 340 valence electrons. The molecule has 1 aliphatic rings. The molecule has 0 spiro atoms. The number of ether oxygens (including phenoxy) is 2. The van der Waals surface area contributed by atoms with Crippen LogP contribution in [0.4, 0.5) is 0 Å². The van der Waals surface area contributed by atoms with E-state index in [1.807, 2.05) is 0 Å². The highest BCUT2D eigenvalue weighted by atomic mass is 31.2. The molecule has 0 amide bonds. The minimum Gasteiger partial charge on any atom is -0.462 e. The van der Waals surface area contributed by atoms with Crippen molar-refractivity contribution in [2.24, 2.45) is 0 Å². The Morgan fingerprint density at radius 2 is 0.879 bits per heavy atom. The number of carbonyl (C=O) groups excluding carboxylic acids is 2. The van der Waals surface area contributed by atoms with Crippen molar-refractivity contribution in [2.75, 3.05) is 13.2 Å². The Hall–Kier alpha value is -1.67. The Labute approximate surface area is 349 Å². The number of esters is 2. The van der Waals surface area contributed by atoms with Crippen molar-refractivity contribution < 1.29 is 63.1 Å². The number of aliphatic hydroxyl groups is 5. The van der Waals surface area contributed by atoms with E-state index in [0.717, 1.165) is 57.8 Å². The number of phosphoric acid groups is 1. The topological polar surface area (TPSA) is 210 Å². The molecular formula is C44H81O13P. The van der Waals surface area contributed by atoms with Crippen molar-refractivity contribution in [3.05, 3.63) is 24.3 Å². The predicted octanol–water partition coefficient (Wildman–Crippen LogP) is 8.45. The van der Waals surface area contributed by atoms with Crippen LogP contribution in [0.3, 0.4) is 0 Å². The van der Waals surface area contributed by atoms with Crippen LogP contribution in [0.25, 0.3) is 0 Å². The zero-order valence-corrected chi connectivity index (χ0v) is 36.7. The molecule has 1 aliphatic carbocycles. The summed E-state index contributed by atoms with van der Waals surface area (Å²) in [5, 5.41) is 50.1. The van der Waals surface area contributed by atoms with Crippen molar-refractivity contribution in [3.8, 4) is 0 Å². The van der Waals surface area contributed by atoms with E-state index in [4.69, 9.17) is 18.5 Å². The van der Waals surface area contributed by atoms with Gasteiger partial charge in [0.2, 0.25) is 0 Å². The Balaban J connectivity index is 2.49. The van der Waals surface area contributed by atoms with Crippen LogP contribution in [-0.2, 0) is 32.7 Å². The monoisotopic (exact) mass is 849 g/mol. The van der Waals surface area contributed by atoms with Crippen LogP contribution in [-0.4, -0.2) is 98.3 Å². The fourth-order valence-electron chi connectivity index (χ4n) is 6.81. The van der Waals surface area contributed by atoms with Crippen LogP contribution in [0.5, 0.6) is 0 Å². The minimum atomic E-state index is -5.12. The van der Waals surface area contributed by atoms with Crippen LogP contribution in [0.1, 0.15) is 187 Å². The molecule has 0 heterocycles. The largest absolute Gasteiger partial charge is 0.472 e. The maximum atomic E-state index is 12.8. The van der Waals surface area contributed by atoms with Crippen molar-refractivity contribution in [3.63, 3.8) is 0 Å². The summed E-state index contributed by atoms with van der Waals surface area (Å²) in [7, 11) is -5.12. The number of allylic oxidation sites excluding steroid dienone is 4. The van der Waals surface area contributed by atoms with E-state index in [-0.39, 0.29) is 12.8 Å². The third-order valence-electron chi connectivity index (χ3n) is 10.5. The van der Waals surface area contributed by atoms with Gasteiger partial charge in [0.25, 0.3) is 0 Å². The maximum absolute atomic E-state index is 12.8. The van der Waals surface area contributed by atoms with Gasteiger partial charge in [-0.1, -0.05) is 134 Å². The summed E-state index contributed by atoms with van der Waals surface area (Å²) >= 11 is 0. The molecule has 6 N–H and O–H groups in total. The van der Waals surface area contributed by atoms with Crippen molar-refractivity contribution >= 4 is 19.8 Å². The van der Waals surface area contributed by atoms with Crippen molar-refractivity contribution in [1.82, 2.24) is 0 Å². The van der Waals surface area contributed by atoms with E-state index in [1.54, 1.807) is 0 Å². The first-order valence-electron chi connectivity index (χ1n) is 22.6. The quantitative estimate of drug-likeness (QED) is 0.0150. The van der Waals surface area contributed by atoms with E-state index >= 15 is 0 Å². The normalized spacial score (nSPS) is 22.7. The zero-order chi connectivity index (χ0) is 42.9. The predicted molar refractivity (Wildman–Crippen MR) is 226 cm³/mol. The number of phosphoric ester groups is 1. The van der Waals surface area contributed by atoms with E-state index in [9.17, 15) is 44.6 Å². The summed E-state index contributed by atoms with van der Waals surface area (Å²) in [6.45, 7) is 3.26. The molecule has 0 bridgehead atoms. The number of unbranched alkanes of at least 4 members (excludes halogenated alkanes) is 21. The lowest BCUT2D eigenvalue weighted by Crippen LogP contribution is -2.64. The Kier molecular flexibility index (Phi) is 32.8. The molecule has 0 aromatic heterocycles. The molecular weight excluding hydrogens is 767 g/mol. The molecule has 0 aliphatic heterocycles. The van der Waals surface area contributed by atoms with Gasteiger partial charge in [0.05, 0.1) is 6.61 Å². The van der Waals surface area contributed by atoms with Crippen LogP contribution in [0.15, 0.2) is 24.3 Å². The Morgan fingerprint density at radius 1 is 0.517 bits per heavy atom. The van der Waals surface area contributed by atoms with Gasteiger partial charge >= 0.3 is 19.8 Å². The Morgan fingerprint density at radius 3 is 1.34 bits per heavy atom. The third-order valence-corrected chi connectivity index (χ3v) is 11.5. The van der Waals surface area contributed by atoms with Crippen LogP contribution < -0.4 is 0 Å². The summed E-state index contributed by atoms with van der Waals surface area (Å²) in [5.41, 5.74) is 0. The number of carbonyl (C=O) groups is 2. The highest BCUT2D eigenvalue weighted by Gasteiger charge is 2.51. The van der Waals surface area contributed by atoms with Crippen molar-refractivity contribution in [1.29, 1.82) is 0 Å². The molecule has 0 aromatic rings. The zero-order valence-electron chi connectivity index (χ0n) is 35.8. The van der Waals surface area contributed by atoms with E-state index in [0.29, 0.717) is 12.8 Å². The van der Waals surface area contributed by atoms with Gasteiger partial charge in [0.15, 0.2) is 6.10 Å². The lowest BCUT2D eigenvalue weighted by molar-refractivity contribution is -0.220. The smallest absolute Gasteiger partial charge is 0.462 e. The van der Waals surface area contributed by atoms with Gasteiger partial charge in [0, 0.05) is 12.8 Å². The summed E-state index contributed by atoms with van der Waals surface area (Å²) in [6.07, 6.45) is 23.8. The van der Waals surface area contributed by atoms with Crippen LogP contribution >= 0.6 is 7.82 Å². The fourth-order valence-corrected chi connectivity index (χ4v) is 7.78. The summed E-state index contributed by atoms with van der Waals surface area (Å²) < 4.78 is 33.5. The average Bonchev–Trinajstić information content (AvgIpc) is 3.20. The molecule has 0 aromatic carbocycles. The van der Waals surface area contributed by atoms with Gasteiger partial charge in [-0.2, -0.15) is 0 Å². The summed E-state index contributed by atoms with van der Waals surface area (Å²) in [6, 6.07) is 0. The van der Waals surface area contributed by atoms with Crippen LogP contribution in [0, 0.1) is 0 Å². The van der Waals surface area contributed by atoms with Gasteiger partial charge in [-0.3, -0.25) is 18.6 Å². The standard InChI is InChI=1S/C44H81O13P/c1-3-5-7-9-11-13-15-17-19-21-23-25-27-29-31-33-38(46)56-36(35-55-58(52,53)57-44-42(50)40(48)39(47)41(49)43(44)51)34-54-37(45)32-30-28-26-24-22-20-18-16-14-12-10-8-6-4-2/h16,18,23,25,36,39-44,47-51H,3-15,17,19-22,24,26-35H2,1-2H3,(H,52,53)/b18-16+,25-23+/t36-,39?,40+,41?,42?,43?,44?/m1/s1. The molecule has 8 atom stereocenters. The number of hydrogen-bond donors (Lipinski definition) is 6. The average molecular weight is 849 g/mol. The molecule has 1 rings (SSSR count). The number of hydrogen-bond acceptors (Lipinski definition) is 12. The minimum absolute atomic E-state index is 0.0667. The molecule has 13 nitrogen and oxygen atoms in total. The van der Waals surface area contributed by atoms with Gasteiger partial charge in [-0.15, -0.1) is 0 Å². The first-order valence-corrected chi connectivity index (χ1v) is 24.1. The lowest BCUT2D eigenvalue weighted by Gasteiger charge is -2.41. The van der Waals surface area contributed by atoms with Gasteiger partial charge in [0.1, 0.15) is 43.2 Å². The van der Waals surface area contributed by atoms with E-state index in [2.05, 4.69) is 38.2 Å². The fraction of sp³-hybridized carbons (Fsp3) is 0.864. The SMILES string of the molecule is CCCCCCC/C=C/CCCCCCCC(=O)OC[C@H](COP(=O)(O)OC1C(O)C(O)C(O)[C@H](O)C1O)OC(=O)CCCC/C=C/CCCCCCCCCCC. The van der Waals surface area contributed by atoms with Gasteiger partial charge in [-0.25, -0.2) is 4.57 Å². The summed E-state index contributed by atoms with van der Waals surface area (Å²) in [4.78, 5) is 35.6. The van der Waals surface area contributed by atoms with E-state index < -0.39 is 75.7 Å². The molecule has 1 saturated carbocycles. The molecule has 1 fully saturated rings. The summed E-state index contributed by atoms with van der Waals surface area (Å²) in [5.74, 6) is -1.13. The van der Waals surface area contributed by atoms with Crippen LogP contribution in [0.2, 0.25) is 0 Å². The van der Waals surface area contributed by atoms with E-state index in [1.165, 1.54) is 89.9 Å². The second-order valence-electron chi connectivity index (χ2n) is 15.9. The number of rotatable bonds is 37. The first-order chi connectivity index (χ1) is 27.9. The second-order valence-corrected chi connectivity index (χ2v) is 17.3. The Bertz CT molecular complexity index is 1120. The number of aliphatic hydroxyl groups excluding tert-OH is 5. The highest BCUT2D eigenvalue weighted by Crippen LogP contribution is 2.47. The third kappa shape index (κ3) is 27.2. The first kappa shape index (κ1) is 54.3. The maximum Gasteiger partial charge on any atom is 0.472 e. The highest BCUT2D eigenvalue weighted by molar-refractivity contribution is 7.47. The molecule has 6 unspecified atom stereocenters. The molecule has 58 heavy (non-hydrogen) atoms. The van der Waals surface area contributed by atoms with Gasteiger partial charge in [-0.05, 0) is 64.2 Å². The van der Waals surface area contributed by atoms with Crippen molar-refractivity contribution in [2.45, 2.75) is 230 Å². The van der Waals surface area contributed by atoms with Gasteiger partial charge < -0.3 is 39.9 Å². The molecule has 14 heteroatoms. The molecule has 0 saturated heterocycles. The molecule has 0 radical (unpaired) electrons.